The molecule has 2 fully saturated rings. The molecule has 11 heteroatoms. The van der Waals surface area contributed by atoms with E-state index in [-0.39, 0.29) is 24.6 Å². The smallest absolute Gasteiger partial charge is 0.370 e. The van der Waals surface area contributed by atoms with Gasteiger partial charge in [-0.2, -0.15) is 13.2 Å². The van der Waals surface area contributed by atoms with Crippen LogP contribution in [0.5, 0.6) is 0 Å². The van der Waals surface area contributed by atoms with Crippen LogP contribution in [0.4, 0.5) is 35.2 Å². The fourth-order valence-electron chi connectivity index (χ4n) is 4.38. The van der Waals surface area contributed by atoms with Crippen molar-refractivity contribution in [2.75, 3.05) is 60.9 Å². The van der Waals surface area contributed by atoms with E-state index < -0.39 is 17.8 Å². The van der Waals surface area contributed by atoms with E-state index in [1.54, 1.807) is 11.1 Å². The topological polar surface area (TPSA) is 80.8 Å². The Morgan fingerprint density at radius 3 is 2.34 bits per heavy atom. The fraction of sp³-hybridized carbons (Fsp3) is 0.458. The molecule has 0 aliphatic carbocycles. The molecule has 0 atom stereocenters. The zero-order valence-corrected chi connectivity index (χ0v) is 19.4. The first-order chi connectivity index (χ1) is 16.8. The summed E-state index contributed by atoms with van der Waals surface area (Å²) >= 11 is 0. The first-order valence-corrected chi connectivity index (χ1v) is 11.8. The highest BCUT2D eigenvalue weighted by molar-refractivity contribution is 5.93. The van der Waals surface area contributed by atoms with Crippen molar-refractivity contribution in [3.63, 3.8) is 0 Å². The van der Waals surface area contributed by atoms with Crippen molar-refractivity contribution in [1.29, 1.82) is 0 Å². The van der Waals surface area contributed by atoms with E-state index in [0.29, 0.717) is 31.9 Å². The first kappa shape index (κ1) is 24.6. The minimum atomic E-state index is -4.51. The predicted octanol–water partition coefficient (Wildman–Crippen LogP) is 3.56. The summed E-state index contributed by atoms with van der Waals surface area (Å²) in [6.45, 7) is 4.00. The molecular weight excluding hydrogens is 461 g/mol. The van der Waals surface area contributed by atoms with E-state index in [1.165, 1.54) is 6.07 Å². The number of alkyl halides is 3. The van der Waals surface area contributed by atoms with Crippen molar-refractivity contribution < 1.29 is 22.8 Å². The van der Waals surface area contributed by atoms with Crippen LogP contribution >= 0.6 is 0 Å². The largest absolute Gasteiger partial charge is 0.416 e. The molecule has 3 amide bonds. The molecule has 0 spiro atoms. The number of nitrogens with one attached hydrogen (secondary N) is 2. The highest BCUT2D eigenvalue weighted by Gasteiger charge is 2.32. The Kier molecular flexibility index (Phi) is 7.62. The molecule has 35 heavy (non-hydrogen) atoms. The molecule has 0 unspecified atom stereocenters. The normalized spacial score (nSPS) is 16.4. The minimum Gasteiger partial charge on any atom is -0.370 e. The van der Waals surface area contributed by atoms with Gasteiger partial charge in [0.25, 0.3) is 0 Å². The number of amides is 3. The lowest BCUT2D eigenvalue weighted by molar-refractivity contribution is -0.137. The molecule has 0 radical (unpaired) electrons. The number of anilines is 3. The number of nitrogens with zero attached hydrogens (tertiary/aromatic N) is 4. The summed E-state index contributed by atoms with van der Waals surface area (Å²) in [6, 6.07) is 8.45. The summed E-state index contributed by atoms with van der Waals surface area (Å²) in [4.78, 5) is 35.1. The number of pyridine rings is 1. The number of hydrogen-bond donors (Lipinski definition) is 2. The molecule has 0 bridgehead atoms. The third-order valence-corrected chi connectivity index (χ3v) is 6.25. The van der Waals surface area contributed by atoms with E-state index >= 15 is 0 Å². The van der Waals surface area contributed by atoms with Crippen molar-refractivity contribution in [2.45, 2.75) is 25.4 Å². The zero-order chi connectivity index (χ0) is 24.8. The van der Waals surface area contributed by atoms with Gasteiger partial charge in [0.2, 0.25) is 5.91 Å². The quantitative estimate of drug-likeness (QED) is 0.647. The van der Waals surface area contributed by atoms with E-state index in [1.807, 2.05) is 23.1 Å². The van der Waals surface area contributed by atoms with E-state index in [9.17, 15) is 22.8 Å². The Hall–Kier alpha value is -3.50. The Bertz CT molecular complexity index is 1020. The van der Waals surface area contributed by atoms with E-state index in [0.717, 1.165) is 43.9 Å². The Morgan fingerprint density at radius 2 is 1.69 bits per heavy atom. The number of urea groups is 1. The van der Waals surface area contributed by atoms with Crippen LogP contribution in [0.1, 0.15) is 24.8 Å². The first-order valence-electron chi connectivity index (χ1n) is 11.8. The maximum Gasteiger partial charge on any atom is 0.416 e. The van der Waals surface area contributed by atoms with Crippen LogP contribution in [0.2, 0.25) is 0 Å². The Balaban J connectivity index is 1.27. The maximum absolute atomic E-state index is 13.2. The van der Waals surface area contributed by atoms with Gasteiger partial charge in [0.05, 0.1) is 16.9 Å². The SMILES string of the molecule is O=C(NCCC(=O)N1CCN(c2ccccn2)CC1)Nc1cc(C(F)(F)F)ccc1N1CCCC1. The second-order valence-electron chi connectivity index (χ2n) is 8.61. The van der Waals surface area contributed by atoms with Gasteiger partial charge in [-0.1, -0.05) is 6.07 Å². The Morgan fingerprint density at radius 1 is 0.943 bits per heavy atom. The third kappa shape index (κ3) is 6.34. The fourth-order valence-corrected chi connectivity index (χ4v) is 4.38. The van der Waals surface area contributed by atoms with Crippen LogP contribution in [0, 0.1) is 0 Å². The van der Waals surface area contributed by atoms with Crippen LogP contribution in [0.15, 0.2) is 42.6 Å². The average molecular weight is 491 g/mol. The summed E-state index contributed by atoms with van der Waals surface area (Å²) < 4.78 is 39.6. The molecule has 2 N–H and O–H groups in total. The third-order valence-electron chi connectivity index (χ3n) is 6.25. The highest BCUT2D eigenvalue weighted by atomic mass is 19.4. The second kappa shape index (κ2) is 10.8. The number of benzene rings is 1. The number of hydrogen-bond acceptors (Lipinski definition) is 5. The molecule has 2 saturated heterocycles. The van der Waals surface area contributed by atoms with Gasteiger partial charge in [0, 0.05) is 58.4 Å². The van der Waals surface area contributed by atoms with Gasteiger partial charge in [-0.3, -0.25) is 4.79 Å². The lowest BCUT2D eigenvalue weighted by atomic mass is 10.1. The molecule has 8 nitrogen and oxygen atoms in total. The van der Waals surface area contributed by atoms with Gasteiger partial charge in [-0.15, -0.1) is 0 Å². The molecule has 2 aliphatic heterocycles. The maximum atomic E-state index is 13.2. The van der Waals surface area contributed by atoms with E-state index in [2.05, 4.69) is 20.5 Å². The Labute approximate surface area is 202 Å². The van der Waals surface area contributed by atoms with Crippen LogP contribution < -0.4 is 20.4 Å². The monoisotopic (exact) mass is 490 g/mol. The number of carbonyl (C=O) groups excluding carboxylic acids is 2. The van der Waals surface area contributed by atoms with E-state index in [4.69, 9.17) is 0 Å². The van der Waals surface area contributed by atoms with Gasteiger partial charge >= 0.3 is 12.2 Å². The summed E-state index contributed by atoms with van der Waals surface area (Å²) in [5.74, 6) is 0.795. The van der Waals surface area contributed by atoms with Gasteiger partial charge in [-0.25, -0.2) is 9.78 Å². The minimum absolute atomic E-state index is 0.0807. The number of carbonyl (C=O) groups is 2. The number of halogens is 3. The van der Waals surface area contributed by atoms with Crippen molar-refractivity contribution in [3.05, 3.63) is 48.2 Å². The number of rotatable bonds is 6. The number of aromatic nitrogens is 1. The number of piperazine rings is 1. The molecule has 1 aromatic carbocycles. The summed E-state index contributed by atoms with van der Waals surface area (Å²) in [5, 5.41) is 5.14. The van der Waals surface area contributed by atoms with Crippen LogP contribution in [0.3, 0.4) is 0 Å². The van der Waals surface area contributed by atoms with Crippen LogP contribution in [-0.2, 0) is 11.0 Å². The molecule has 188 valence electrons. The molecule has 4 rings (SSSR count). The molecule has 2 aliphatic rings. The summed E-state index contributed by atoms with van der Waals surface area (Å²) in [5.41, 5.74) is -0.153. The second-order valence-corrected chi connectivity index (χ2v) is 8.61. The van der Waals surface area contributed by atoms with Crippen molar-refractivity contribution in [1.82, 2.24) is 15.2 Å². The summed E-state index contributed by atoms with van der Waals surface area (Å²) in [6.07, 6.45) is -0.769. The molecule has 0 saturated carbocycles. The predicted molar refractivity (Wildman–Crippen MR) is 128 cm³/mol. The molecule has 2 aromatic rings. The van der Waals surface area contributed by atoms with Gasteiger partial charge in [0.15, 0.2) is 0 Å². The van der Waals surface area contributed by atoms with Gasteiger partial charge < -0.3 is 25.3 Å². The van der Waals surface area contributed by atoms with Gasteiger partial charge in [-0.05, 0) is 43.2 Å². The van der Waals surface area contributed by atoms with Gasteiger partial charge in [0.1, 0.15) is 5.82 Å². The summed E-state index contributed by atoms with van der Waals surface area (Å²) in [7, 11) is 0. The van der Waals surface area contributed by atoms with Crippen LogP contribution in [-0.4, -0.2) is 67.6 Å². The average Bonchev–Trinajstić information content (AvgIpc) is 3.39. The molecule has 1 aromatic heterocycles. The van der Waals surface area contributed by atoms with Crippen LogP contribution in [0.25, 0.3) is 0 Å². The van der Waals surface area contributed by atoms with Crippen molar-refractivity contribution in [2.24, 2.45) is 0 Å². The lowest BCUT2D eigenvalue weighted by Crippen LogP contribution is -2.49. The lowest BCUT2D eigenvalue weighted by Gasteiger charge is -2.35. The van der Waals surface area contributed by atoms with Crippen molar-refractivity contribution in [3.8, 4) is 0 Å². The van der Waals surface area contributed by atoms with Crippen molar-refractivity contribution >= 4 is 29.1 Å². The highest BCUT2D eigenvalue weighted by Crippen LogP contribution is 2.36. The molecule has 3 heterocycles. The molecular formula is C24H29F3N6O2. The zero-order valence-electron chi connectivity index (χ0n) is 19.4. The standard InChI is InChI=1S/C24H29F3N6O2/c25-24(26,27)18-6-7-20(31-11-3-4-12-31)19(17-18)30-23(35)29-10-8-22(34)33-15-13-32(14-16-33)21-5-1-2-9-28-21/h1-2,5-7,9,17H,3-4,8,10-16H2,(H2,29,30,35).